The van der Waals surface area contributed by atoms with Crippen LogP contribution in [0.3, 0.4) is 0 Å². The van der Waals surface area contributed by atoms with Crippen LogP contribution in [0.25, 0.3) is 0 Å². The van der Waals surface area contributed by atoms with E-state index in [2.05, 4.69) is 27.0 Å². The molecule has 7 heteroatoms. The highest BCUT2D eigenvalue weighted by atomic mass is 127. The Hall–Kier alpha value is -0.120. The maximum atomic E-state index is 6.04. The van der Waals surface area contributed by atoms with Gasteiger partial charge in [-0.3, -0.25) is 14.8 Å². The van der Waals surface area contributed by atoms with E-state index in [0.717, 1.165) is 32.8 Å². The smallest absolute Gasteiger partial charge is 0.188 e. The summed E-state index contributed by atoms with van der Waals surface area (Å²) in [5, 5.41) is 3.31. The van der Waals surface area contributed by atoms with Crippen molar-refractivity contribution in [2.75, 3.05) is 53.0 Å². The van der Waals surface area contributed by atoms with Crippen molar-refractivity contribution in [2.24, 2.45) is 10.7 Å². The van der Waals surface area contributed by atoms with Crippen LogP contribution >= 0.6 is 24.0 Å². The zero-order valence-corrected chi connectivity index (χ0v) is 17.0. The predicted octanol–water partition coefficient (Wildman–Crippen LogP) is 1.10. The van der Waals surface area contributed by atoms with Crippen molar-refractivity contribution in [2.45, 2.75) is 44.7 Å². The molecule has 3 N–H and O–H groups in total. The Kier molecular flexibility index (Phi) is 10.4. The van der Waals surface area contributed by atoms with E-state index in [-0.39, 0.29) is 24.0 Å². The summed E-state index contributed by atoms with van der Waals surface area (Å²) in [5.74, 6) is 0.599. The molecule has 0 aromatic rings. The number of likely N-dealkylation sites (N-methyl/N-ethyl adjacent to an activating group) is 1. The largest absolute Gasteiger partial charge is 0.383 e. The van der Waals surface area contributed by atoms with Crippen LogP contribution in [0.5, 0.6) is 0 Å². The van der Waals surface area contributed by atoms with Crippen LogP contribution in [0, 0.1) is 0 Å². The highest BCUT2D eigenvalue weighted by molar-refractivity contribution is 14.0. The number of likely N-dealkylation sites (tertiary alicyclic amines) is 2. The lowest BCUT2D eigenvalue weighted by Gasteiger charge is -2.24. The monoisotopic (exact) mass is 439 g/mol. The molecule has 2 unspecified atom stereocenters. The highest BCUT2D eigenvalue weighted by Gasteiger charge is 2.24. The molecule has 2 rings (SSSR count). The summed E-state index contributed by atoms with van der Waals surface area (Å²) < 4.78 is 5.18. The topological polar surface area (TPSA) is 66.1 Å². The molecule has 0 aromatic heterocycles. The normalized spacial score (nSPS) is 26.4. The first-order valence-corrected chi connectivity index (χ1v) is 8.75. The fourth-order valence-electron chi connectivity index (χ4n) is 3.63. The number of ether oxygens (including phenoxy) is 1. The third-order valence-corrected chi connectivity index (χ3v) is 4.98. The van der Waals surface area contributed by atoms with Gasteiger partial charge < -0.3 is 15.8 Å². The lowest BCUT2D eigenvalue weighted by atomic mass is 10.2. The molecule has 0 aliphatic carbocycles. The van der Waals surface area contributed by atoms with Gasteiger partial charge in [-0.25, -0.2) is 0 Å². The Morgan fingerprint density at radius 1 is 1.22 bits per heavy atom. The third-order valence-electron chi connectivity index (χ3n) is 4.98. The minimum absolute atomic E-state index is 0. The van der Waals surface area contributed by atoms with Crippen molar-refractivity contribution in [1.82, 2.24) is 15.1 Å². The minimum Gasteiger partial charge on any atom is -0.383 e. The number of aliphatic imine (C=N–C) groups is 1. The van der Waals surface area contributed by atoms with Crippen molar-refractivity contribution < 1.29 is 4.74 Å². The molecule has 2 saturated heterocycles. The average molecular weight is 439 g/mol. The van der Waals surface area contributed by atoms with Gasteiger partial charge in [0, 0.05) is 32.3 Å². The van der Waals surface area contributed by atoms with Gasteiger partial charge in [-0.05, 0) is 45.3 Å². The molecular formula is C16H34IN5O. The molecule has 0 radical (unpaired) electrons. The Balaban J connectivity index is 0.00000264. The second-order valence-electron chi connectivity index (χ2n) is 6.36. The summed E-state index contributed by atoms with van der Waals surface area (Å²) in [6.07, 6.45) is 5.03. The van der Waals surface area contributed by atoms with Crippen molar-refractivity contribution >= 4 is 29.9 Å². The summed E-state index contributed by atoms with van der Waals surface area (Å²) in [7, 11) is 1.76. The number of nitrogens with zero attached hydrogens (tertiary/aromatic N) is 3. The molecule has 2 fully saturated rings. The number of nitrogens with one attached hydrogen (secondary N) is 1. The molecule has 0 spiro atoms. The molecule has 2 heterocycles. The predicted molar refractivity (Wildman–Crippen MR) is 107 cm³/mol. The maximum Gasteiger partial charge on any atom is 0.188 e. The molecule has 23 heavy (non-hydrogen) atoms. The quantitative estimate of drug-likeness (QED) is 0.337. The summed E-state index contributed by atoms with van der Waals surface area (Å²) in [6.45, 7) is 9.23. The summed E-state index contributed by atoms with van der Waals surface area (Å²) in [6, 6.07) is 1.14. The number of hydrogen-bond acceptors (Lipinski definition) is 4. The Morgan fingerprint density at radius 2 is 1.91 bits per heavy atom. The molecule has 0 saturated carbocycles. The highest BCUT2D eigenvalue weighted by Crippen LogP contribution is 2.17. The number of hydrogen-bond donors (Lipinski definition) is 2. The van der Waals surface area contributed by atoms with Crippen molar-refractivity contribution in [3.63, 3.8) is 0 Å². The van der Waals surface area contributed by atoms with Gasteiger partial charge in [-0.15, -0.1) is 24.0 Å². The number of nitrogens with two attached hydrogens (primary N) is 1. The molecule has 0 amide bonds. The van der Waals surface area contributed by atoms with Crippen molar-refractivity contribution in [1.29, 1.82) is 0 Å². The maximum absolute atomic E-state index is 6.04. The van der Waals surface area contributed by atoms with Gasteiger partial charge >= 0.3 is 0 Å². The van der Waals surface area contributed by atoms with E-state index in [9.17, 15) is 0 Å². The van der Waals surface area contributed by atoms with E-state index >= 15 is 0 Å². The molecule has 2 atom stereocenters. The van der Waals surface area contributed by atoms with Gasteiger partial charge in [0.1, 0.15) is 0 Å². The molecule has 136 valence electrons. The van der Waals surface area contributed by atoms with E-state index < -0.39 is 0 Å². The van der Waals surface area contributed by atoms with Crippen LogP contribution in [0.2, 0.25) is 0 Å². The van der Waals surface area contributed by atoms with Crippen LogP contribution in [-0.2, 0) is 4.74 Å². The van der Waals surface area contributed by atoms with Gasteiger partial charge in [0.05, 0.1) is 13.2 Å². The minimum atomic E-state index is 0. The number of rotatable bonds is 8. The first kappa shape index (κ1) is 20.9. The van der Waals surface area contributed by atoms with Crippen molar-refractivity contribution in [3.05, 3.63) is 0 Å². The van der Waals surface area contributed by atoms with Crippen LogP contribution in [-0.4, -0.2) is 80.8 Å². The Labute approximate surface area is 158 Å². The summed E-state index contributed by atoms with van der Waals surface area (Å²) in [5.41, 5.74) is 6.04. The first-order valence-electron chi connectivity index (χ1n) is 8.75. The van der Waals surface area contributed by atoms with Crippen LogP contribution in [0.1, 0.15) is 32.6 Å². The SMILES string of the molecule is CCN1CCCC1CN=C(N)NCC1CCCN1CCOC.I. The molecule has 2 aliphatic heterocycles. The molecule has 2 aliphatic rings. The lowest BCUT2D eigenvalue weighted by Crippen LogP contribution is -2.44. The van der Waals surface area contributed by atoms with Gasteiger partial charge in [-0.2, -0.15) is 0 Å². The fraction of sp³-hybridized carbons (Fsp3) is 0.938. The van der Waals surface area contributed by atoms with Gasteiger partial charge in [-0.1, -0.05) is 6.92 Å². The van der Waals surface area contributed by atoms with Crippen molar-refractivity contribution in [3.8, 4) is 0 Å². The number of methoxy groups -OCH3 is 1. The second-order valence-corrected chi connectivity index (χ2v) is 6.36. The Morgan fingerprint density at radius 3 is 2.61 bits per heavy atom. The fourth-order valence-corrected chi connectivity index (χ4v) is 3.63. The summed E-state index contributed by atoms with van der Waals surface area (Å²) in [4.78, 5) is 9.54. The van der Waals surface area contributed by atoms with Gasteiger partial charge in [0.25, 0.3) is 0 Å². The van der Waals surface area contributed by atoms with Crippen LogP contribution < -0.4 is 11.1 Å². The average Bonchev–Trinajstić information content (AvgIpc) is 3.17. The van der Waals surface area contributed by atoms with Gasteiger partial charge in [0.2, 0.25) is 0 Å². The standard InChI is InChI=1S/C16H33N5O.HI/c1-3-20-8-4-6-14(20)12-18-16(17)19-13-15-7-5-9-21(15)10-11-22-2;/h14-15H,3-13H2,1-2H3,(H3,17,18,19);1H. The van der Waals surface area contributed by atoms with Crippen LogP contribution in [0.4, 0.5) is 0 Å². The summed E-state index contributed by atoms with van der Waals surface area (Å²) >= 11 is 0. The first-order chi connectivity index (χ1) is 10.7. The van der Waals surface area contributed by atoms with Gasteiger partial charge in [0.15, 0.2) is 5.96 Å². The number of halogens is 1. The third kappa shape index (κ3) is 6.72. The van der Waals surface area contributed by atoms with E-state index in [1.807, 2.05) is 0 Å². The number of guanidine groups is 1. The zero-order valence-electron chi connectivity index (χ0n) is 14.7. The van der Waals surface area contributed by atoms with E-state index in [4.69, 9.17) is 10.5 Å². The molecule has 0 bridgehead atoms. The van der Waals surface area contributed by atoms with Crippen LogP contribution in [0.15, 0.2) is 4.99 Å². The van der Waals surface area contributed by atoms with E-state index in [1.54, 1.807) is 7.11 Å². The molecule has 6 nitrogen and oxygen atoms in total. The second kappa shape index (κ2) is 11.4. The van der Waals surface area contributed by atoms with E-state index in [0.29, 0.717) is 18.0 Å². The zero-order chi connectivity index (χ0) is 15.8. The molecular weight excluding hydrogens is 405 g/mol. The lowest BCUT2D eigenvalue weighted by molar-refractivity contribution is 0.141. The van der Waals surface area contributed by atoms with E-state index in [1.165, 1.54) is 38.8 Å². The molecule has 0 aromatic carbocycles. The Bertz CT molecular complexity index is 355.